The van der Waals surface area contributed by atoms with Crippen LogP contribution in [0.3, 0.4) is 0 Å². The zero-order valence-electron chi connectivity index (χ0n) is 10.0. The van der Waals surface area contributed by atoms with Crippen LogP contribution in [0.15, 0.2) is 21.5 Å². The van der Waals surface area contributed by atoms with Crippen molar-refractivity contribution < 1.29 is 17.5 Å². The second kappa shape index (κ2) is 5.74. The van der Waals surface area contributed by atoms with Crippen molar-refractivity contribution in [3.05, 3.63) is 22.4 Å². The molecular formula is C11H14BrFN2O3S. The van der Waals surface area contributed by atoms with Gasteiger partial charge in [0.1, 0.15) is 4.90 Å². The van der Waals surface area contributed by atoms with Gasteiger partial charge in [0.15, 0.2) is 5.82 Å². The molecule has 5 nitrogen and oxygen atoms in total. The van der Waals surface area contributed by atoms with Gasteiger partial charge in [0.05, 0.1) is 11.1 Å². The number of nitrogens with one attached hydrogen (secondary N) is 1. The largest absolute Gasteiger partial charge is 0.399 e. The Morgan fingerprint density at radius 2 is 2.26 bits per heavy atom. The second-order valence-electron chi connectivity index (χ2n) is 4.40. The Kier molecular flexibility index (Phi) is 4.44. The summed E-state index contributed by atoms with van der Waals surface area (Å²) in [4.78, 5) is -0.446. The lowest BCUT2D eigenvalue weighted by Gasteiger charge is -2.12. The Morgan fingerprint density at radius 1 is 1.53 bits per heavy atom. The lowest BCUT2D eigenvalue weighted by atomic mass is 10.1. The van der Waals surface area contributed by atoms with Gasteiger partial charge in [0, 0.05) is 18.8 Å². The summed E-state index contributed by atoms with van der Waals surface area (Å²) < 4.78 is 45.5. The van der Waals surface area contributed by atoms with Crippen LogP contribution in [-0.2, 0) is 14.8 Å². The molecule has 0 saturated carbocycles. The number of anilines is 1. The van der Waals surface area contributed by atoms with Crippen molar-refractivity contribution in [3.8, 4) is 0 Å². The van der Waals surface area contributed by atoms with Gasteiger partial charge in [-0.3, -0.25) is 0 Å². The number of rotatable bonds is 4. The average Bonchev–Trinajstić information content (AvgIpc) is 2.84. The quantitative estimate of drug-likeness (QED) is 0.804. The minimum atomic E-state index is -3.91. The molecule has 8 heteroatoms. The summed E-state index contributed by atoms with van der Waals surface area (Å²) in [5.41, 5.74) is 5.71. The van der Waals surface area contributed by atoms with Gasteiger partial charge in [0.2, 0.25) is 10.0 Å². The van der Waals surface area contributed by atoms with Crippen molar-refractivity contribution in [2.75, 3.05) is 25.5 Å². The third-order valence-electron chi connectivity index (χ3n) is 2.89. The number of halogens is 2. The normalized spacial score (nSPS) is 19.8. The molecule has 0 spiro atoms. The molecule has 106 valence electrons. The van der Waals surface area contributed by atoms with Crippen LogP contribution in [0.25, 0.3) is 0 Å². The Balaban J connectivity index is 2.19. The first-order valence-electron chi connectivity index (χ1n) is 5.72. The molecule has 0 amide bonds. The Bertz CT molecular complexity index is 574. The molecule has 1 aromatic rings. The molecule has 1 aromatic carbocycles. The Labute approximate surface area is 119 Å². The summed E-state index contributed by atoms with van der Waals surface area (Å²) in [5, 5.41) is 0. The number of sulfonamides is 1. The third-order valence-corrected chi connectivity index (χ3v) is 4.89. The summed E-state index contributed by atoms with van der Waals surface area (Å²) in [7, 11) is -3.91. The van der Waals surface area contributed by atoms with Crippen molar-refractivity contribution in [2.24, 2.45) is 5.92 Å². The van der Waals surface area contributed by atoms with Crippen LogP contribution < -0.4 is 10.5 Å². The summed E-state index contributed by atoms with van der Waals surface area (Å²) in [6.45, 7) is 1.38. The summed E-state index contributed by atoms with van der Waals surface area (Å²) >= 11 is 2.94. The van der Waals surface area contributed by atoms with Crippen LogP contribution >= 0.6 is 15.9 Å². The van der Waals surface area contributed by atoms with Gasteiger partial charge in [-0.2, -0.15) is 0 Å². The monoisotopic (exact) mass is 352 g/mol. The van der Waals surface area contributed by atoms with Crippen molar-refractivity contribution in [1.82, 2.24) is 4.72 Å². The number of hydrogen-bond donors (Lipinski definition) is 2. The van der Waals surface area contributed by atoms with E-state index in [0.717, 1.165) is 12.5 Å². The Hall–Kier alpha value is -0.700. The first-order valence-corrected chi connectivity index (χ1v) is 7.99. The van der Waals surface area contributed by atoms with Crippen molar-refractivity contribution in [1.29, 1.82) is 0 Å². The van der Waals surface area contributed by atoms with E-state index in [1.54, 1.807) is 0 Å². The molecule has 0 radical (unpaired) electrons. The fraction of sp³-hybridized carbons (Fsp3) is 0.455. The number of nitrogen functional groups attached to an aromatic ring is 1. The SMILES string of the molecule is Nc1cc(Br)c(F)c(S(=O)(=O)NCC2CCOC2)c1. The summed E-state index contributed by atoms with van der Waals surface area (Å²) in [6.07, 6.45) is 0.797. The van der Waals surface area contributed by atoms with E-state index in [1.807, 2.05) is 0 Å². The zero-order chi connectivity index (χ0) is 14.0. The second-order valence-corrected chi connectivity index (χ2v) is 6.99. The van der Waals surface area contributed by atoms with E-state index in [1.165, 1.54) is 6.07 Å². The van der Waals surface area contributed by atoms with Crippen molar-refractivity contribution >= 4 is 31.6 Å². The molecule has 0 bridgehead atoms. The van der Waals surface area contributed by atoms with Gasteiger partial charge in [-0.1, -0.05) is 0 Å². The highest BCUT2D eigenvalue weighted by Gasteiger charge is 2.24. The molecule has 1 fully saturated rings. The Morgan fingerprint density at radius 3 is 2.89 bits per heavy atom. The van der Waals surface area contributed by atoms with Crippen LogP contribution in [0.2, 0.25) is 0 Å². The van der Waals surface area contributed by atoms with E-state index in [2.05, 4.69) is 20.7 Å². The van der Waals surface area contributed by atoms with Crippen LogP contribution in [0.5, 0.6) is 0 Å². The maximum atomic E-state index is 13.8. The molecule has 0 aromatic heterocycles. The van der Waals surface area contributed by atoms with Gasteiger partial charge >= 0.3 is 0 Å². The summed E-state index contributed by atoms with van der Waals surface area (Å²) in [6, 6.07) is 2.42. The molecule has 1 saturated heterocycles. The van der Waals surface area contributed by atoms with Gasteiger partial charge in [-0.05, 0) is 40.4 Å². The number of benzene rings is 1. The molecule has 2 rings (SSSR count). The maximum Gasteiger partial charge on any atom is 0.243 e. The lowest BCUT2D eigenvalue weighted by molar-refractivity contribution is 0.186. The standard InChI is InChI=1S/C11H14BrFN2O3S/c12-9-3-8(14)4-10(11(9)13)19(16,17)15-5-7-1-2-18-6-7/h3-4,7,15H,1-2,5-6,14H2. The van der Waals surface area contributed by atoms with Crippen molar-refractivity contribution in [3.63, 3.8) is 0 Å². The van der Waals surface area contributed by atoms with E-state index in [0.29, 0.717) is 13.2 Å². The molecule has 1 aliphatic heterocycles. The molecule has 0 aliphatic carbocycles. The predicted molar refractivity (Wildman–Crippen MR) is 72.6 cm³/mol. The van der Waals surface area contributed by atoms with Crippen molar-refractivity contribution in [2.45, 2.75) is 11.3 Å². The molecule has 1 atom stereocenters. The fourth-order valence-electron chi connectivity index (χ4n) is 1.83. The van der Waals surface area contributed by atoms with Crippen LogP contribution in [0, 0.1) is 11.7 Å². The van der Waals surface area contributed by atoms with Gasteiger partial charge < -0.3 is 10.5 Å². The van der Waals surface area contributed by atoms with E-state index in [9.17, 15) is 12.8 Å². The molecule has 1 aliphatic rings. The molecule has 1 heterocycles. The maximum absolute atomic E-state index is 13.8. The minimum Gasteiger partial charge on any atom is -0.399 e. The predicted octanol–water partition coefficient (Wildman–Crippen LogP) is 1.49. The lowest BCUT2D eigenvalue weighted by Crippen LogP contribution is -2.30. The molecule has 3 N–H and O–H groups in total. The number of hydrogen-bond acceptors (Lipinski definition) is 4. The molecule has 1 unspecified atom stereocenters. The minimum absolute atomic E-state index is 0.0251. The highest BCUT2D eigenvalue weighted by Crippen LogP contribution is 2.26. The van der Waals surface area contributed by atoms with E-state index in [-0.39, 0.29) is 22.6 Å². The zero-order valence-corrected chi connectivity index (χ0v) is 12.4. The summed E-state index contributed by atoms with van der Waals surface area (Å²) in [5.74, 6) is -0.716. The number of nitrogens with two attached hydrogens (primary N) is 1. The molecule has 19 heavy (non-hydrogen) atoms. The number of ether oxygens (including phenoxy) is 1. The fourth-order valence-corrected chi connectivity index (χ4v) is 3.69. The van der Waals surface area contributed by atoms with Gasteiger partial charge in [-0.25, -0.2) is 17.5 Å². The average molecular weight is 353 g/mol. The van der Waals surface area contributed by atoms with Crippen LogP contribution in [-0.4, -0.2) is 28.2 Å². The van der Waals surface area contributed by atoms with Crippen LogP contribution in [0.1, 0.15) is 6.42 Å². The van der Waals surface area contributed by atoms with E-state index < -0.39 is 20.7 Å². The van der Waals surface area contributed by atoms with Crippen LogP contribution in [0.4, 0.5) is 10.1 Å². The van der Waals surface area contributed by atoms with E-state index in [4.69, 9.17) is 10.5 Å². The first-order chi connectivity index (χ1) is 8.90. The first kappa shape index (κ1) is 14.7. The van der Waals surface area contributed by atoms with Gasteiger partial charge in [-0.15, -0.1) is 0 Å². The topological polar surface area (TPSA) is 81.4 Å². The smallest absolute Gasteiger partial charge is 0.243 e. The van der Waals surface area contributed by atoms with Gasteiger partial charge in [0.25, 0.3) is 0 Å². The van der Waals surface area contributed by atoms with E-state index >= 15 is 0 Å². The third kappa shape index (κ3) is 3.44. The highest BCUT2D eigenvalue weighted by atomic mass is 79.9. The molecular weight excluding hydrogens is 339 g/mol. The highest BCUT2D eigenvalue weighted by molar-refractivity contribution is 9.10.